The van der Waals surface area contributed by atoms with Gasteiger partial charge < -0.3 is 14.4 Å². The number of carbonyl (C=O) groups is 2. The molecular formula is C34H47Cl2NO4. The number of nitrogens with zero attached hydrogens (tertiary/aromatic N) is 1. The molecule has 3 fully saturated rings. The zero-order valence-corrected chi connectivity index (χ0v) is 26.6. The molecule has 3 aliphatic rings. The van der Waals surface area contributed by atoms with Crippen molar-refractivity contribution in [1.29, 1.82) is 0 Å². The lowest BCUT2D eigenvalue weighted by Crippen LogP contribution is -2.49. The average Bonchev–Trinajstić information content (AvgIpc) is 3.26. The smallest absolute Gasteiger partial charge is 0.337 e. The first-order valence-electron chi connectivity index (χ1n) is 15.3. The Morgan fingerprint density at radius 2 is 1.85 bits per heavy atom. The Bertz CT molecular complexity index is 1110. The number of esters is 2. The quantitative estimate of drug-likeness (QED) is 0.104. The van der Waals surface area contributed by atoms with Crippen LogP contribution >= 0.6 is 23.2 Å². The molecule has 0 aromatic heterocycles. The highest BCUT2D eigenvalue weighted by atomic mass is 35.5. The van der Waals surface area contributed by atoms with Crippen LogP contribution in [0.25, 0.3) is 0 Å². The number of halogens is 2. The standard InChI is InChI=1S/C34H47Cl2NO4/c1-24-9-16-29-33(2,3)17-6-18-34(29,4)28(24)15-12-26-23-31(41-32(26)39)40-30(38)8-5-7-25-10-13-27(14-11-25)37(21-19-35)22-20-36/h10-14,28-29,31H,1,5-9,15-23H2,2-4H3/b26-12+/t28-,29-,31?,34+/m0/s1. The maximum Gasteiger partial charge on any atom is 0.337 e. The Morgan fingerprint density at radius 1 is 1.15 bits per heavy atom. The van der Waals surface area contributed by atoms with Crippen molar-refractivity contribution in [1.82, 2.24) is 0 Å². The molecule has 4 atom stereocenters. The number of fused-ring (bicyclic) bond motifs is 1. The van der Waals surface area contributed by atoms with Gasteiger partial charge in [-0.1, -0.05) is 57.6 Å². The van der Waals surface area contributed by atoms with Crippen LogP contribution in [-0.2, 0) is 25.5 Å². The second kappa shape index (κ2) is 14.0. The highest BCUT2D eigenvalue weighted by molar-refractivity contribution is 6.18. The van der Waals surface area contributed by atoms with Crippen molar-refractivity contribution in [2.45, 2.75) is 91.3 Å². The van der Waals surface area contributed by atoms with E-state index in [4.69, 9.17) is 32.7 Å². The minimum absolute atomic E-state index is 0.205. The number of hydrogen-bond donors (Lipinski definition) is 0. The van der Waals surface area contributed by atoms with Gasteiger partial charge in [0.1, 0.15) is 0 Å². The van der Waals surface area contributed by atoms with Crippen LogP contribution in [0.5, 0.6) is 0 Å². The van der Waals surface area contributed by atoms with Gasteiger partial charge in [-0.3, -0.25) is 4.79 Å². The zero-order valence-electron chi connectivity index (χ0n) is 25.1. The van der Waals surface area contributed by atoms with E-state index in [1.807, 2.05) is 6.08 Å². The van der Waals surface area contributed by atoms with Crippen LogP contribution in [-0.4, -0.2) is 43.1 Å². The number of anilines is 1. The van der Waals surface area contributed by atoms with Gasteiger partial charge in [0, 0.05) is 42.5 Å². The third kappa shape index (κ3) is 7.70. The highest BCUT2D eigenvalue weighted by Gasteiger charge is 2.52. The van der Waals surface area contributed by atoms with Crippen molar-refractivity contribution in [2.24, 2.45) is 22.7 Å². The van der Waals surface area contributed by atoms with E-state index < -0.39 is 6.29 Å². The van der Waals surface area contributed by atoms with Gasteiger partial charge in [0.25, 0.3) is 6.29 Å². The molecule has 1 saturated heterocycles. The van der Waals surface area contributed by atoms with Crippen LogP contribution in [0.4, 0.5) is 5.69 Å². The van der Waals surface area contributed by atoms with Gasteiger partial charge in [-0.2, -0.15) is 0 Å². The molecule has 41 heavy (non-hydrogen) atoms. The number of ether oxygens (including phenoxy) is 2. The lowest BCUT2D eigenvalue weighted by atomic mass is 9.47. The normalized spacial score (nSPS) is 28.3. The number of aryl methyl sites for hydroxylation is 1. The van der Waals surface area contributed by atoms with Gasteiger partial charge in [-0.15, -0.1) is 23.2 Å². The van der Waals surface area contributed by atoms with Crippen molar-refractivity contribution in [3.05, 3.63) is 53.6 Å². The fourth-order valence-corrected chi connectivity index (χ4v) is 8.20. The van der Waals surface area contributed by atoms with Crippen LogP contribution in [0.2, 0.25) is 0 Å². The van der Waals surface area contributed by atoms with Crippen molar-refractivity contribution < 1.29 is 19.1 Å². The molecule has 1 unspecified atom stereocenters. The van der Waals surface area contributed by atoms with Crippen LogP contribution in [0, 0.1) is 22.7 Å². The molecule has 5 nitrogen and oxygen atoms in total. The summed E-state index contributed by atoms with van der Waals surface area (Å²) >= 11 is 11.8. The largest absolute Gasteiger partial charge is 0.425 e. The molecule has 4 rings (SSSR count). The Kier molecular flexibility index (Phi) is 10.9. The molecule has 7 heteroatoms. The van der Waals surface area contributed by atoms with Crippen LogP contribution < -0.4 is 4.90 Å². The Labute approximate surface area is 256 Å². The second-order valence-electron chi connectivity index (χ2n) is 13.0. The molecule has 2 aliphatic carbocycles. The third-order valence-electron chi connectivity index (χ3n) is 9.93. The van der Waals surface area contributed by atoms with Crippen molar-refractivity contribution in [3.63, 3.8) is 0 Å². The van der Waals surface area contributed by atoms with E-state index in [9.17, 15) is 9.59 Å². The van der Waals surface area contributed by atoms with Crippen molar-refractivity contribution in [3.8, 4) is 0 Å². The summed E-state index contributed by atoms with van der Waals surface area (Å²) in [6, 6.07) is 8.28. The van der Waals surface area contributed by atoms with Crippen LogP contribution in [0.15, 0.2) is 48.1 Å². The van der Waals surface area contributed by atoms with Crippen LogP contribution in [0.1, 0.15) is 84.1 Å². The summed E-state index contributed by atoms with van der Waals surface area (Å²) in [7, 11) is 0. The molecule has 1 aliphatic heterocycles. The number of cyclic esters (lactones) is 1. The Hall–Kier alpha value is -1.98. The third-order valence-corrected chi connectivity index (χ3v) is 10.3. The average molecular weight is 605 g/mol. The number of benzene rings is 1. The van der Waals surface area contributed by atoms with Gasteiger partial charge in [-0.05, 0) is 85.3 Å². The topological polar surface area (TPSA) is 55.8 Å². The maximum atomic E-state index is 12.6. The maximum absolute atomic E-state index is 12.6. The van der Waals surface area contributed by atoms with Gasteiger partial charge >= 0.3 is 11.9 Å². The van der Waals surface area contributed by atoms with E-state index in [-0.39, 0.29) is 23.8 Å². The zero-order chi connectivity index (χ0) is 29.6. The van der Waals surface area contributed by atoms with E-state index in [0.29, 0.717) is 47.4 Å². The Balaban J connectivity index is 1.25. The molecule has 226 valence electrons. The molecule has 0 N–H and O–H groups in total. The lowest BCUT2D eigenvalue weighted by Gasteiger charge is -2.58. The van der Waals surface area contributed by atoms with E-state index in [1.54, 1.807) is 0 Å². The summed E-state index contributed by atoms with van der Waals surface area (Å²) in [5, 5.41) is 0. The number of rotatable bonds is 12. The van der Waals surface area contributed by atoms with Crippen LogP contribution in [0.3, 0.4) is 0 Å². The molecule has 0 spiro atoms. The first-order chi connectivity index (χ1) is 19.6. The van der Waals surface area contributed by atoms with Gasteiger partial charge in [-0.25, -0.2) is 4.79 Å². The first kappa shape index (κ1) is 31.9. The molecular weight excluding hydrogens is 557 g/mol. The number of hydrogen-bond acceptors (Lipinski definition) is 5. The predicted molar refractivity (Wildman–Crippen MR) is 167 cm³/mol. The first-order valence-corrected chi connectivity index (χ1v) is 16.4. The highest BCUT2D eigenvalue weighted by Crippen LogP contribution is 2.61. The van der Waals surface area contributed by atoms with E-state index in [0.717, 1.165) is 43.6 Å². The minimum Gasteiger partial charge on any atom is -0.425 e. The molecule has 0 bridgehead atoms. The van der Waals surface area contributed by atoms with Gasteiger partial charge in [0.2, 0.25) is 0 Å². The predicted octanol–water partition coefficient (Wildman–Crippen LogP) is 8.22. The molecule has 2 saturated carbocycles. The van der Waals surface area contributed by atoms with Gasteiger partial charge in [0.15, 0.2) is 0 Å². The molecule has 1 aromatic carbocycles. The van der Waals surface area contributed by atoms with Crippen molar-refractivity contribution in [2.75, 3.05) is 29.7 Å². The second-order valence-corrected chi connectivity index (χ2v) is 13.8. The Morgan fingerprint density at radius 3 is 2.54 bits per heavy atom. The molecule has 0 amide bonds. The SMILES string of the molecule is C=C1CC[C@H]2C(C)(C)CCC[C@]2(C)[C@H]1C/C=C1\CC(OC(=O)CCCc2ccc(N(CCCl)CCCl)cc2)OC1=O. The fraction of sp³-hybridized carbons (Fsp3) is 0.647. The van der Waals surface area contributed by atoms with E-state index >= 15 is 0 Å². The summed E-state index contributed by atoms with van der Waals surface area (Å²) in [4.78, 5) is 27.3. The van der Waals surface area contributed by atoms with E-state index in [1.165, 1.54) is 31.3 Å². The molecule has 1 heterocycles. The molecule has 0 radical (unpaired) electrons. The minimum atomic E-state index is -0.832. The monoisotopic (exact) mass is 603 g/mol. The van der Waals surface area contributed by atoms with Gasteiger partial charge in [0.05, 0.1) is 6.42 Å². The fourth-order valence-electron chi connectivity index (χ4n) is 7.79. The number of alkyl halides is 2. The van der Waals surface area contributed by atoms with Crippen molar-refractivity contribution >= 4 is 40.8 Å². The number of allylic oxidation sites excluding steroid dienone is 2. The number of carbonyl (C=O) groups excluding carboxylic acids is 2. The summed E-state index contributed by atoms with van der Waals surface area (Å²) in [6.45, 7) is 13.2. The summed E-state index contributed by atoms with van der Waals surface area (Å²) in [6.07, 6.45) is 10.0. The van der Waals surface area contributed by atoms with E-state index in [2.05, 4.69) is 56.5 Å². The summed E-state index contributed by atoms with van der Waals surface area (Å²) < 4.78 is 10.9. The molecule has 1 aromatic rings. The summed E-state index contributed by atoms with van der Waals surface area (Å²) in [5.41, 5.74) is 4.71. The lowest BCUT2D eigenvalue weighted by molar-refractivity contribution is -0.176. The summed E-state index contributed by atoms with van der Waals surface area (Å²) in [5.74, 6) is 1.41.